The average Bonchev–Trinajstić information content (AvgIpc) is 3.67. The van der Waals surface area contributed by atoms with Crippen LogP contribution in [0.5, 0.6) is 0 Å². The van der Waals surface area contributed by atoms with E-state index in [0.29, 0.717) is 18.1 Å². The number of rotatable bonds is 3. The van der Waals surface area contributed by atoms with Gasteiger partial charge in [-0.25, -0.2) is 0 Å². The molecule has 0 saturated heterocycles. The fourth-order valence-electron chi connectivity index (χ4n) is 11.5. The number of hydrogen-bond donors (Lipinski definition) is 0. The monoisotopic (exact) mass is 558 g/mol. The molecule has 8 aliphatic rings. The van der Waals surface area contributed by atoms with Gasteiger partial charge in [0.15, 0.2) is 0 Å². The number of carbonyl (C=O) groups excluding carboxylic acids is 2. The second-order valence-corrected chi connectivity index (χ2v) is 15.2. The maximum absolute atomic E-state index is 11.8. The van der Waals surface area contributed by atoms with Crippen molar-refractivity contribution >= 4 is 11.8 Å². The van der Waals surface area contributed by atoms with Gasteiger partial charge in [0, 0.05) is 19.3 Å². The fourth-order valence-corrected chi connectivity index (χ4v) is 11.5. The molecule has 10 atom stereocenters. The molecular formula is C38H54O3. The molecule has 0 aliphatic heterocycles. The van der Waals surface area contributed by atoms with Crippen molar-refractivity contribution in [3.8, 4) is 0 Å². The quantitative estimate of drug-likeness (QED) is 0.256. The molecule has 224 valence electrons. The molecule has 0 radical (unpaired) electrons. The summed E-state index contributed by atoms with van der Waals surface area (Å²) in [5.41, 5.74) is 5.07. The van der Waals surface area contributed by atoms with Crippen LogP contribution in [-0.2, 0) is 14.3 Å². The number of allylic oxidation sites excluding steroid dienone is 5. The Balaban J connectivity index is 0.000000139. The van der Waals surface area contributed by atoms with Gasteiger partial charge in [0.1, 0.15) is 11.9 Å². The lowest BCUT2D eigenvalue weighted by atomic mass is 9.58. The summed E-state index contributed by atoms with van der Waals surface area (Å²) in [5.74, 6) is 8.57. The first-order valence-corrected chi connectivity index (χ1v) is 17.9. The third-order valence-electron chi connectivity index (χ3n) is 13.3. The van der Waals surface area contributed by atoms with Crippen LogP contribution in [0.3, 0.4) is 0 Å². The number of hydrogen-bond acceptors (Lipinski definition) is 3. The van der Waals surface area contributed by atoms with E-state index in [2.05, 4.69) is 18.2 Å². The van der Waals surface area contributed by atoms with Gasteiger partial charge in [-0.3, -0.25) is 9.59 Å². The van der Waals surface area contributed by atoms with E-state index < -0.39 is 0 Å². The Morgan fingerprint density at radius 3 is 2.44 bits per heavy atom. The number of carbonyl (C=O) groups is 2. The lowest BCUT2D eigenvalue weighted by molar-refractivity contribution is -0.147. The normalized spacial score (nSPS) is 42.4. The van der Waals surface area contributed by atoms with E-state index in [1.807, 2.05) is 12.5 Å². The van der Waals surface area contributed by atoms with Crippen LogP contribution in [0.25, 0.3) is 0 Å². The molecule has 5 saturated carbocycles. The zero-order chi connectivity index (χ0) is 27.9. The third kappa shape index (κ3) is 5.58. The molecule has 10 unspecified atom stereocenters. The Morgan fingerprint density at radius 2 is 1.59 bits per heavy atom. The minimum Gasteiger partial charge on any atom is -0.458 e. The lowest BCUT2D eigenvalue weighted by Gasteiger charge is -2.47. The minimum atomic E-state index is -0.0306. The molecule has 0 amide bonds. The van der Waals surface area contributed by atoms with E-state index in [4.69, 9.17) is 4.74 Å². The lowest BCUT2D eigenvalue weighted by Crippen LogP contribution is -2.39. The van der Waals surface area contributed by atoms with Crippen LogP contribution in [0.2, 0.25) is 0 Å². The minimum absolute atomic E-state index is 0.0179. The van der Waals surface area contributed by atoms with Gasteiger partial charge < -0.3 is 4.74 Å². The van der Waals surface area contributed by atoms with Gasteiger partial charge in [-0.15, -0.1) is 0 Å². The SMILES string of the molecule is CCCC(=O)OC1C=C2C=CC3C4CCCC4CCC3C2CC1.O=C1CCC2=C3CCC4CCCC4C3CCC2C1. The first-order valence-electron chi connectivity index (χ1n) is 17.9. The predicted molar refractivity (Wildman–Crippen MR) is 164 cm³/mol. The third-order valence-corrected chi connectivity index (χ3v) is 13.3. The van der Waals surface area contributed by atoms with Gasteiger partial charge in [-0.1, -0.05) is 55.9 Å². The van der Waals surface area contributed by atoms with Crippen molar-refractivity contribution in [2.24, 2.45) is 53.3 Å². The molecule has 0 N–H and O–H groups in total. The second-order valence-electron chi connectivity index (χ2n) is 15.2. The van der Waals surface area contributed by atoms with Crippen LogP contribution in [0.1, 0.15) is 129 Å². The topological polar surface area (TPSA) is 43.4 Å². The first kappa shape index (κ1) is 28.1. The smallest absolute Gasteiger partial charge is 0.306 e. The highest BCUT2D eigenvalue weighted by Crippen LogP contribution is 2.56. The van der Waals surface area contributed by atoms with Crippen LogP contribution < -0.4 is 0 Å². The molecule has 41 heavy (non-hydrogen) atoms. The second kappa shape index (κ2) is 12.2. The summed E-state index contributed by atoms with van der Waals surface area (Å²) in [5, 5.41) is 0. The zero-order valence-corrected chi connectivity index (χ0v) is 25.7. The largest absolute Gasteiger partial charge is 0.458 e. The Labute approximate surface area is 249 Å². The summed E-state index contributed by atoms with van der Waals surface area (Å²) in [6, 6.07) is 0. The highest BCUT2D eigenvalue weighted by molar-refractivity contribution is 5.80. The molecular weight excluding hydrogens is 504 g/mol. The van der Waals surface area contributed by atoms with Crippen molar-refractivity contribution in [1.29, 1.82) is 0 Å². The molecule has 0 bridgehead atoms. The molecule has 0 aromatic rings. The van der Waals surface area contributed by atoms with E-state index in [1.54, 1.807) is 5.57 Å². The summed E-state index contributed by atoms with van der Waals surface area (Å²) >= 11 is 0. The highest BCUT2D eigenvalue weighted by atomic mass is 16.5. The number of Topliss-reactive ketones (excluding diaryl/α,β-unsaturated/α-hetero) is 1. The number of ketones is 1. The average molecular weight is 559 g/mol. The number of esters is 1. The molecule has 0 aromatic heterocycles. The van der Waals surface area contributed by atoms with E-state index in [0.717, 1.165) is 79.4 Å². The molecule has 5 fully saturated rings. The van der Waals surface area contributed by atoms with E-state index >= 15 is 0 Å². The van der Waals surface area contributed by atoms with Crippen molar-refractivity contribution in [2.75, 3.05) is 0 Å². The molecule has 0 aromatic carbocycles. The van der Waals surface area contributed by atoms with Crippen molar-refractivity contribution in [3.05, 3.63) is 34.9 Å². The first-order chi connectivity index (χ1) is 20.1. The van der Waals surface area contributed by atoms with Gasteiger partial charge in [0.2, 0.25) is 0 Å². The fraction of sp³-hybridized carbons (Fsp3) is 0.789. The summed E-state index contributed by atoms with van der Waals surface area (Å²) in [6.07, 6.45) is 31.0. The van der Waals surface area contributed by atoms with Gasteiger partial charge in [-0.05, 0) is 142 Å². The molecule has 0 heterocycles. The maximum Gasteiger partial charge on any atom is 0.306 e. The van der Waals surface area contributed by atoms with Crippen molar-refractivity contribution < 1.29 is 14.3 Å². The van der Waals surface area contributed by atoms with Gasteiger partial charge >= 0.3 is 5.97 Å². The predicted octanol–water partition coefficient (Wildman–Crippen LogP) is 9.32. The van der Waals surface area contributed by atoms with E-state index in [-0.39, 0.29) is 12.1 Å². The van der Waals surface area contributed by atoms with Gasteiger partial charge in [0.05, 0.1) is 0 Å². The summed E-state index contributed by atoms with van der Waals surface area (Å²) in [6.45, 7) is 2.03. The molecule has 3 nitrogen and oxygen atoms in total. The molecule has 8 aliphatic carbocycles. The van der Waals surface area contributed by atoms with Crippen molar-refractivity contribution in [1.82, 2.24) is 0 Å². The molecule has 3 heteroatoms. The Bertz CT molecular complexity index is 1090. The van der Waals surface area contributed by atoms with Crippen LogP contribution in [-0.4, -0.2) is 17.9 Å². The highest BCUT2D eigenvalue weighted by Gasteiger charge is 2.46. The van der Waals surface area contributed by atoms with Gasteiger partial charge in [0.25, 0.3) is 0 Å². The van der Waals surface area contributed by atoms with Crippen LogP contribution in [0, 0.1) is 53.3 Å². The van der Waals surface area contributed by atoms with Crippen LogP contribution in [0.4, 0.5) is 0 Å². The Kier molecular flexibility index (Phi) is 8.35. The van der Waals surface area contributed by atoms with Crippen LogP contribution in [0.15, 0.2) is 34.9 Å². The van der Waals surface area contributed by atoms with E-state index in [9.17, 15) is 9.59 Å². The van der Waals surface area contributed by atoms with Crippen molar-refractivity contribution in [3.63, 3.8) is 0 Å². The summed E-state index contributed by atoms with van der Waals surface area (Å²) in [7, 11) is 0. The van der Waals surface area contributed by atoms with E-state index in [1.165, 1.54) is 89.0 Å². The zero-order valence-electron chi connectivity index (χ0n) is 25.7. The standard InChI is InChI=1S/C21H30O2.C17H24O/c1-2-4-21(22)23-16-9-12-18-15(13-16)8-11-19-17-6-3-5-14(17)7-10-20(18)19;18-13-6-9-15-12(10-13)5-8-16-14-3-1-2-11(14)4-7-17(15)16/h8,11,13-14,16-20H,2-7,9-10,12H2,1H3;11-12,14,16H,1-10H2. The molecule has 0 spiro atoms. The maximum atomic E-state index is 11.8. The summed E-state index contributed by atoms with van der Waals surface area (Å²) in [4.78, 5) is 23.4. The number of ether oxygens (including phenoxy) is 1. The Hall–Kier alpha value is -1.64. The van der Waals surface area contributed by atoms with Crippen molar-refractivity contribution in [2.45, 2.75) is 135 Å². The van der Waals surface area contributed by atoms with Gasteiger partial charge in [-0.2, -0.15) is 0 Å². The van der Waals surface area contributed by atoms with Crippen LogP contribution >= 0.6 is 0 Å². The number of fused-ring (bicyclic) bond motifs is 9. The summed E-state index contributed by atoms with van der Waals surface area (Å²) < 4.78 is 5.64. The Morgan fingerprint density at radius 1 is 0.780 bits per heavy atom. The molecule has 8 rings (SSSR count).